The molecule has 0 aromatic carbocycles. The van der Waals surface area contributed by atoms with Crippen molar-refractivity contribution >= 4 is 27.8 Å². The van der Waals surface area contributed by atoms with E-state index in [1.54, 1.807) is 13.3 Å². The van der Waals surface area contributed by atoms with E-state index in [0.717, 1.165) is 43.2 Å². The minimum absolute atomic E-state index is 0.231. The van der Waals surface area contributed by atoms with Gasteiger partial charge in [0.1, 0.15) is 0 Å². The molecule has 7 heteroatoms. The van der Waals surface area contributed by atoms with Crippen LogP contribution in [0.2, 0.25) is 0 Å². The largest absolute Gasteiger partial charge is 0.480 e. The Morgan fingerprint density at radius 3 is 2.71 bits per heavy atom. The lowest BCUT2D eigenvalue weighted by Gasteiger charge is -2.32. The second kappa shape index (κ2) is 6.17. The van der Waals surface area contributed by atoms with Crippen LogP contribution in [0.3, 0.4) is 0 Å². The number of halogens is 1. The zero-order valence-electron chi connectivity index (χ0n) is 12.0. The number of nitrogens with zero attached hydrogens (tertiary/aromatic N) is 3. The third kappa shape index (κ3) is 3.45. The van der Waals surface area contributed by atoms with Gasteiger partial charge in [-0.3, -0.25) is 4.79 Å². The molecule has 1 aromatic rings. The summed E-state index contributed by atoms with van der Waals surface area (Å²) >= 11 is 3.35. The fourth-order valence-electron chi connectivity index (χ4n) is 2.53. The highest BCUT2D eigenvalue weighted by Gasteiger charge is 2.32. The number of ether oxygens (including phenoxy) is 1. The summed E-state index contributed by atoms with van der Waals surface area (Å²) in [6.45, 7) is 1.70. The molecule has 21 heavy (non-hydrogen) atoms. The highest BCUT2D eigenvalue weighted by Crippen LogP contribution is 2.29. The maximum absolute atomic E-state index is 11.8. The molecule has 0 radical (unpaired) electrons. The molecule has 2 aliphatic rings. The lowest BCUT2D eigenvalue weighted by atomic mass is 10.1. The van der Waals surface area contributed by atoms with Crippen molar-refractivity contribution in [3.63, 3.8) is 0 Å². The van der Waals surface area contributed by atoms with Crippen molar-refractivity contribution in [3.05, 3.63) is 10.7 Å². The first-order valence-electron chi connectivity index (χ1n) is 7.29. The molecule has 114 valence electrons. The van der Waals surface area contributed by atoms with Crippen LogP contribution in [0.4, 0.5) is 5.95 Å². The minimum atomic E-state index is 0.231. The Balaban J connectivity index is 1.56. The zero-order valence-corrected chi connectivity index (χ0v) is 13.6. The summed E-state index contributed by atoms with van der Waals surface area (Å²) in [6, 6.07) is 0.284. The molecule has 2 heterocycles. The molecule has 1 saturated heterocycles. The lowest BCUT2D eigenvalue weighted by Crippen LogP contribution is -2.45. The average Bonchev–Trinajstić information content (AvgIpc) is 3.33. The van der Waals surface area contributed by atoms with Gasteiger partial charge in [-0.2, -0.15) is 4.98 Å². The van der Waals surface area contributed by atoms with Crippen LogP contribution in [0.15, 0.2) is 10.7 Å². The number of rotatable bonds is 4. The normalized spacial score (nSPS) is 19.4. The Morgan fingerprint density at radius 1 is 1.38 bits per heavy atom. The first-order valence-corrected chi connectivity index (χ1v) is 8.08. The van der Waals surface area contributed by atoms with E-state index in [4.69, 9.17) is 4.74 Å². The van der Waals surface area contributed by atoms with Crippen LogP contribution < -0.4 is 15.0 Å². The van der Waals surface area contributed by atoms with Crippen molar-refractivity contribution in [2.75, 3.05) is 25.1 Å². The molecule has 1 N–H and O–H groups in total. The molecule has 0 spiro atoms. The SMILES string of the molecule is COc1nc(N2CCC(NC(=O)C3CC3)CC2)ncc1Br. The van der Waals surface area contributed by atoms with Crippen LogP contribution in [0, 0.1) is 5.92 Å². The smallest absolute Gasteiger partial charge is 0.232 e. The summed E-state index contributed by atoms with van der Waals surface area (Å²) in [5.41, 5.74) is 0. The Morgan fingerprint density at radius 2 is 2.10 bits per heavy atom. The van der Waals surface area contributed by atoms with E-state index in [0.29, 0.717) is 11.8 Å². The van der Waals surface area contributed by atoms with E-state index in [2.05, 4.69) is 36.1 Å². The van der Waals surface area contributed by atoms with Crippen LogP contribution in [0.25, 0.3) is 0 Å². The third-order valence-corrected chi connectivity index (χ3v) is 4.51. The topological polar surface area (TPSA) is 67.3 Å². The number of hydrogen-bond donors (Lipinski definition) is 1. The van der Waals surface area contributed by atoms with Gasteiger partial charge in [0.05, 0.1) is 17.8 Å². The van der Waals surface area contributed by atoms with E-state index >= 15 is 0 Å². The summed E-state index contributed by atoms with van der Waals surface area (Å²) in [5.74, 6) is 1.74. The molecular weight excluding hydrogens is 336 g/mol. The van der Waals surface area contributed by atoms with Gasteiger partial charge in [0.2, 0.25) is 17.7 Å². The van der Waals surface area contributed by atoms with Crippen molar-refractivity contribution in [1.82, 2.24) is 15.3 Å². The molecule has 1 aromatic heterocycles. The maximum atomic E-state index is 11.8. The van der Waals surface area contributed by atoms with E-state index < -0.39 is 0 Å². The summed E-state index contributed by atoms with van der Waals surface area (Å²) in [6.07, 6.45) is 5.68. The van der Waals surface area contributed by atoms with Crippen molar-refractivity contribution in [1.29, 1.82) is 0 Å². The molecule has 0 unspecified atom stereocenters. The Hall–Kier alpha value is -1.37. The number of carbonyl (C=O) groups is 1. The van der Waals surface area contributed by atoms with Crippen molar-refractivity contribution in [2.45, 2.75) is 31.7 Å². The second-order valence-corrected chi connectivity index (χ2v) is 6.43. The number of amides is 1. The van der Waals surface area contributed by atoms with Gasteiger partial charge in [-0.25, -0.2) is 4.98 Å². The molecule has 1 amide bonds. The van der Waals surface area contributed by atoms with Crippen LogP contribution in [0.1, 0.15) is 25.7 Å². The quantitative estimate of drug-likeness (QED) is 0.891. The monoisotopic (exact) mass is 354 g/mol. The number of anilines is 1. The van der Waals surface area contributed by atoms with E-state index in [1.807, 2.05) is 0 Å². The predicted molar refractivity (Wildman–Crippen MR) is 82.4 cm³/mol. The third-order valence-electron chi connectivity index (χ3n) is 3.96. The van der Waals surface area contributed by atoms with E-state index in [9.17, 15) is 4.79 Å². The molecule has 1 aliphatic carbocycles. The standard InChI is InChI=1S/C14H19BrN4O2/c1-21-13-11(15)8-16-14(18-13)19-6-4-10(5-7-19)17-12(20)9-2-3-9/h8-10H,2-7H2,1H3,(H,17,20). The minimum Gasteiger partial charge on any atom is -0.480 e. The van der Waals surface area contributed by atoms with Gasteiger partial charge in [0, 0.05) is 25.0 Å². The van der Waals surface area contributed by atoms with Crippen molar-refractivity contribution in [3.8, 4) is 5.88 Å². The number of aromatic nitrogens is 2. The molecule has 1 saturated carbocycles. The Kier molecular flexibility index (Phi) is 4.28. The molecule has 0 atom stereocenters. The second-order valence-electron chi connectivity index (χ2n) is 5.57. The molecule has 0 bridgehead atoms. The van der Waals surface area contributed by atoms with Gasteiger partial charge in [-0.15, -0.1) is 0 Å². The Bertz CT molecular complexity index is 528. The molecule has 6 nitrogen and oxygen atoms in total. The van der Waals surface area contributed by atoms with Gasteiger partial charge >= 0.3 is 0 Å². The average molecular weight is 355 g/mol. The highest BCUT2D eigenvalue weighted by atomic mass is 79.9. The van der Waals surface area contributed by atoms with Gasteiger partial charge in [-0.05, 0) is 41.6 Å². The fraction of sp³-hybridized carbons (Fsp3) is 0.643. The van der Waals surface area contributed by atoms with Gasteiger partial charge < -0.3 is 15.0 Å². The number of carbonyl (C=O) groups excluding carboxylic acids is 1. The first kappa shape index (κ1) is 14.6. The van der Waals surface area contributed by atoms with Crippen LogP contribution >= 0.6 is 15.9 Å². The van der Waals surface area contributed by atoms with Crippen molar-refractivity contribution < 1.29 is 9.53 Å². The lowest BCUT2D eigenvalue weighted by molar-refractivity contribution is -0.123. The van der Waals surface area contributed by atoms with Gasteiger partial charge in [0.15, 0.2) is 0 Å². The van der Waals surface area contributed by atoms with E-state index in [1.165, 1.54) is 0 Å². The van der Waals surface area contributed by atoms with Gasteiger partial charge in [-0.1, -0.05) is 0 Å². The molecule has 3 rings (SSSR count). The number of hydrogen-bond acceptors (Lipinski definition) is 5. The number of nitrogens with one attached hydrogen (secondary N) is 1. The van der Waals surface area contributed by atoms with Crippen LogP contribution in [0.5, 0.6) is 5.88 Å². The zero-order chi connectivity index (χ0) is 14.8. The van der Waals surface area contributed by atoms with Gasteiger partial charge in [0.25, 0.3) is 0 Å². The summed E-state index contributed by atoms with van der Waals surface area (Å²) in [5, 5.41) is 3.15. The summed E-state index contributed by atoms with van der Waals surface area (Å²) < 4.78 is 5.95. The molecular formula is C14H19BrN4O2. The Labute approximate surface area is 132 Å². The first-order chi connectivity index (χ1) is 10.2. The summed E-state index contributed by atoms with van der Waals surface area (Å²) in [7, 11) is 1.59. The summed E-state index contributed by atoms with van der Waals surface area (Å²) in [4.78, 5) is 22.6. The predicted octanol–water partition coefficient (Wildman–Crippen LogP) is 1.74. The maximum Gasteiger partial charge on any atom is 0.232 e. The fourth-order valence-corrected chi connectivity index (χ4v) is 2.88. The van der Waals surface area contributed by atoms with Crippen molar-refractivity contribution in [2.24, 2.45) is 5.92 Å². The van der Waals surface area contributed by atoms with Crippen LogP contribution in [-0.2, 0) is 4.79 Å². The number of methoxy groups -OCH3 is 1. The molecule has 1 aliphatic heterocycles. The van der Waals surface area contributed by atoms with Crippen LogP contribution in [-0.4, -0.2) is 42.1 Å². The molecule has 2 fully saturated rings. The number of piperidine rings is 1. The van der Waals surface area contributed by atoms with E-state index in [-0.39, 0.29) is 17.9 Å². The highest BCUT2D eigenvalue weighted by molar-refractivity contribution is 9.10.